The van der Waals surface area contributed by atoms with Crippen molar-refractivity contribution in [1.29, 1.82) is 0 Å². The van der Waals surface area contributed by atoms with E-state index in [0.29, 0.717) is 6.42 Å². The molecule has 0 fully saturated rings. The molecule has 15 heavy (non-hydrogen) atoms. The van der Waals surface area contributed by atoms with E-state index >= 15 is 0 Å². The first-order valence-electron chi connectivity index (χ1n) is 5.06. The molecule has 0 aromatic heterocycles. The Morgan fingerprint density at radius 2 is 1.80 bits per heavy atom. The first-order chi connectivity index (χ1) is 7.13. The van der Waals surface area contributed by atoms with Crippen molar-refractivity contribution in [1.82, 2.24) is 0 Å². The fraction of sp³-hybridized carbons (Fsp3) is 0.385. The van der Waals surface area contributed by atoms with Crippen molar-refractivity contribution in [3.8, 4) is 5.75 Å². The standard InChI is InChI=1S/C9H11O.C4H8O/c1-3-8-4-6-9(10-2)7-5-8;1-3-4(2)5/h3-7H,1-2H3;3H2,1-2H3. The van der Waals surface area contributed by atoms with Gasteiger partial charge in [-0.25, -0.2) is 0 Å². The molecule has 2 heteroatoms. The summed E-state index contributed by atoms with van der Waals surface area (Å²) in [5, 5.41) is 0. The molecule has 1 rings (SSSR count). The molecule has 0 heterocycles. The first kappa shape index (κ1) is 13.7. The Hall–Kier alpha value is -1.31. The van der Waals surface area contributed by atoms with Crippen molar-refractivity contribution >= 4 is 5.78 Å². The van der Waals surface area contributed by atoms with E-state index in [1.807, 2.05) is 38.1 Å². The van der Waals surface area contributed by atoms with Crippen LogP contribution in [0.1, 0.15) is 32.8 Å². The van der Waals surface area contributed by atoms with Gasteiger partial charge in [-0.15, -0.1) is 0 Å². The monoisotopic (exact) mass is 207 g/mol. The molecule has 0 aliphatic carbocycles. The van der Waals surface area contributed by atoms with E-state index in [-0.39, 0.29) is 5.78 Å². The molecule has 2 nitrogen and oxygen atoms in total. The van der Waals surface area contributed by atoms with Gasteiger partial charge < -0.3 is 9.53 Å². The molecule has 0 aliphatic heterocycles. The maximum Gasteiger partial charge on any atom is 0.129 e. The van der Waals surface area contributed by atoms with Gasteiger partial charge in [0, 0.05) is 6.42 Å². The summed E-state index contributed by atoms with van der Waals surface area (Å²) in [7, 11) is 1.67. The Kier molecular flexibility index (Phi) is 7.33. The van der Waals surface area contributed by atoms with Crippen LogP contribution in [0.3, 0.4) is 0 Å². The zero-order valence-corrected chi connectivity index (χ0v) is 9.91. The van der Waals surface area contributed by atoms with Crippen LogP contribution in [0, 0.1) is 6.42 Å². The van der Waals surface area contributed by atoms with Gasteiger partial charge in [0.1, 0.15) is 11.5 Å². The van der Waals surface area contributed by atoms with E-state index in [2.05, 4.69) is 6.42 Å². The first-order valence-corrected chi connectivity index (χ1v) is 5.06. The summed E-state index contributed by atoms with van der Waals surface area (Å²) in [6.07, 6.45) is 2.72. The van der Waals surface area contributed by atoms with E-state index < -0.39 is 0 Å². The number of carbonyl (C=O) groups excluding carboxylic acids is 1. The van der Waals surface area contributed by atoms with Gasteiger partial charge in [0.15, 0.2) is 0 Å². The summed E-state index contributed by atoms with van der Waals surface area (Å²) in [6.45, 7) is 5.45. The smallest absolute Gasteiger partial charge is 0.129 e. The lowest BCUT2D eigenvalue weighted by Gasteiger charge is -1.99. The quantitative estimate of drug-likeness (QED) is 0.760. The lowest BCUT2D eigenvalue weighted by molar-refractivity contribution is -0.116. The van der Waals surface area contributed by atoms with Crippen LogP contribution in [0.2, 0.25) is 0 Å². The van der Waals surface area contributed by atoms with Crippen molar-refractivity contribution in [2.45, 2.75) is 27.2 Å². The maximum atomic E-state index is 9.81. The lowest BCUT2D eigenvalue weighted by Crippen LogP contribution is -1.82. The molecule has 0 spiro atoms. The number of ketones is 1. The Morgan fingerprint density at radius 3 is 2.07 bits per heavy atom. The number of benzene rings is 1. The summed E-state index contributed by atoms with van der Waals surface area (Å²) in [4.78, 5) is 9.81. The molecule has 83 valence electrons. The molecule has 0 aliphatic rings. The number of rotatable bonds is 3. The van der Waals surface area contributed by atoms with Crippen LogP contribution in [-0.2, 0) is 4.79 Å². The maximum absolute atomic E-state index is 9.81. The number of methoxy groups -OCH3 is 1. The number of carbonyl (C=O) groups is 1. The fourth-order valence-corrected chi connectivity index (χ4v) is 0.796. The highest BCUT2D eigenvalue weighted by Gasteiger charge is 1.89. The van der Waals surface area contributed by atoms with E-state index in [1.165, 1.54) is 5.56 Å². The molecule has 0 saturated heterocycles. The molecular weight excluding hydrogens is 188 g/mol. The van der Waals surface area contributed by atoms with Gasteiger partial charge in [0.2, 0.25) is 0 Å². The largest absolute Gasteiger partial charge is 0.497 e. The molecule has 0 amide bonds. The average molecular weight is 207 g/mol. The Labute approximate surface area is 92.3 Å². The van der Waals surface area contributed by atoms with Crippen molar-refractivity contribution in [3.63, 3.8) is 0 Å². The second kappa shape index (κ2) is 8.04. The van der Waals surface area contributed by atoms with Gasteiger partial charge in [-0.05, 0) is 31.0 Å². The molecule has 0 atom stereocenters. The molecule has 0 bridgehead atoms. The molecule has 0 N–H and O–H groups in total. The van der Waals surface area contributed by atoms with Crippen molar-refractivity contribution in [3.05, 3.63) is 36.2 Å². The number of Topliss-reactive ketones (excluding diaryl/α,β-unsaturated/α-hetero) is 1. The second-order valence-corrected chi connectivity index (χ2v) is 3.12. The van der Waals surface area contributed by atoms with E-state index in [9.17, 15) is 4.79 Å². The summed E-state index contributed by atoms with van der Waals surface area (Å²) in [5.74, 6) is 1.16. The highest BCUT2D eigenvalue weighted by molar-refractivity contribution is 5.74. The Morgan fingerprint density at radius 1 is 1.33 bits per heavy atom. The third-order valence-corrected chi connectivity index (χ3v) is 1.95. The number of hydrogen-bond acceptors (Lipinski definition) is 2. The van der Waals surface area contributed by atoms with Crippen LogP contribution in [0.5, 0.6) is 5.75 Å². The van der Waals surface area contributed by atoms with Gasteiger partial charge in [0.05, 0.1) is 7.11 Å². The minimum absolute atomic E-state index is 0.255. The van der Waals surface area contributed by atoms with Crippen LogP contribution >= 0.6 is 0 Å². The van der Waals surface area contributed by atoms with E-state index in [4.69, 9.17) is 4.74 Å². The Bertz CT molecular complexity index is 252. The van der Waals surface area contributed by atoms with E-state index in [1.54, 1.807) is 14.0 Å². The zero-order valence-electron chi connectivity index (χ0n) is 9.91. The third kappa shape index (κ3) is 6.72. The van der Waals surface area contributed by atoms with Crippen molar-refractivity contribution < 1.29 is 9.53 Å². The van der Waals surface area contributed by atoms with Gasteiger partial charge in [0.25, 0.3) is 0 Å². The summed E-state index contributed by atoms with van der Waals surface area (Å²) in [6, 6.07) is 7.96. The fourth-order valence-electron chi connectivity index (χ4n) is 0.796. The average Bonchev–Trinajstić information content (AvgIpc) is 2.30. The van der Waals surface area contributed by atoms with Gasteiger partial charge in [-0.2, -0.15) is 0 Å². The summed E-state index contributed by atoms with van der Waals surface area (Å²) >= 11 is 0. The van der Waals surface area contributed by atoms with Crippen LogP contribution in [0.4, 0.5) is 0 Å². The normalized spacial score (nSPS) is 8.80. The molecular formula is C13H19O2. The SMILES string of the molecule is CCC(C)=O.C[CH]c1ccc(OC)cc1. The second-order valence-electron chi connectivity index (χ2n) is 3.12. The molecule has 1 aromatic rings. The van der Waals surface area contributed by atoms with Crippen molar-refractivity contribution in [2.75, 3.05) is 7.11 Å². The minimum Gasteiger partial charge on any atom is -0.497 e. The van der Waals surface area contributed by atoms with Gasteiger partial charge in [-0.1, -0.05) is 26.0 Å². The summed E-state index contributed by atoms with van der Waals surface area (Å²) in [5.41, 5.74) is 1.22. The highest BCUT2D eigenvalue weighted by atomic mass is 16.5. The topological polar surface area (TPSA) is 26.3 Å². The molecule has 1 radical (unpaired) electrons. The van der Waals surface area contributed by atoms with Crippen LogP contribution in [0.15, 0.2) is 24.3 Å². The molecule has 1 aromatic carbocycles. The summed E-state index contributed by atoms with van der Waals surface area (Å²) < 4.78 is 5.00. The highest BCUT2D eigenvalue weighted by Crippen LogP contribution is 2.11. The van der Waals surface area contributed by atoms with Gasteiger partial charge >= 0.3 is 0 Å². The van der Waals surface area contributed by atoms with Crippen molar-refractivity contribution in [2.24, 2.45) is 0 Å². The van der Waals surface area contributed by atoms with Crippen LogP contribution in [0.25, 0.3) is 0 Å². The van der Waals surface area contributed by atoms with Crippen LogP contribution < -0.4 is 4.74 Å². The molecule has 0 saturated carbocycles. The Balaban J connectivity index is 0.000000336. The number of hydrogen-bond donors (Lipinski definition) is 0. The zero-order chi connectivity index (χ0) is 11.7. The van der Waals surface area contributed by atoms with Crippen LogP contribution in [-0.4, -0.2) is 12.9 Å². The third-order valence-electron chi connectivity index (χ3n) is 1.95. The lowest BCUT2D eigenvalue weighted by atomic mass is 10.2. The minimum atomic E-state index is 0.255. The van der Waals surface area contributed by atoms with Gasteiger partial charge in [-0.3, -0.25) is 0 Å². The predicted octanol–water partition coefficient (Wildman–Crippen LogP) is 3.25. The number of ether oxygens (including phenoxy) is 1. The molecule has 0 unspecified atom stereocenters. The predicted molar refractivity (Wildman–Crippen MR) is 63.0 cm³/mol. The van der Waals surface area contributed by atoms with E-state index in [0.717, 1.165) is 5.75 Å².